The van der Waals surface area contributed by atoms with Gasteiger partial charge in [0.25, 0.3) is 0 Å². The SMILES string of the molecule is CC(=O)NCCc1c[nH]c2ccc(N(CCNc3c4c(nc5cc(Cl)ccc35)CCCC4)C(=O)O)cc12. The molecule has 4 aromatic rings. The molecule has 1 aliphatic rings. The van der Waals surface area contributed by atoms with Gasteiger partial charge in [0.15, 0.2) is 0 Å². The number of carboxylic acid groups (broad SMARTS) is 1. The molecule has 0 unspecified atom stereocenters. The molecule has 0 saturated heterocycles. The van der Waals surface area contributed by atoms with Crippen molar-refractivity contribution in [3.05, 3.63) is 64.4 Å². The van der Waals surface area contributed by atoms with Crippen LogP contribution in [-0.2, 0) is 24.1 Å². The van der Waals surface area contributed by atoms with Crippen LogP contribution in [0.25, 0.3) is 21.8 Å². The molecule has 2 heterocycles. The first-order valence-corrected chi connectivity index (χ1v) is 13.0. The molecule has 2 aromatic carbocycles. The lowest BCUT2D eigenvalue weighted by Gasteiger charge is -2.24. The molecule has 0 fully saturated rings. The van der Waals surface area contributed by atoms with E-state index in [4.69, 9.17) is 16.6 Å². The number of anilines is 2. The summed E-state index contributed by atoms with van der Waals surface area (Å²) in [5, 5.41) is 19.0. The average Bonchev–Trinajstić information content (AvgIpc) is 3.27. The Balaban J connectivity index is 1.37. The number of hydrogen-bond donors (Lipinski definition) is 4. The number of benzene rings is 2. The molecule has 2 aromatic heterocycles. The molecule has 0 aliphatic heterocycles. The van der Waals surface area contributed by atoms with Crippen molar-refractivity contribution in [1.82, 2.24) is 15.3 Å². The van der Waals surface area contributed by atoms with Crippen LogP contribution in [0.2, 0.25) is 5.02 Å². The Labute approximate surface area is 220 Å². The molecule has 0 bridgehead atoms. The summed E-state index contributed by atoms with van der Waals surface area (Å²) < 4.78 is 0. The van der Waals surface area contributed by atoms with E-state index in [0.29, 0.717) is 30.2 Å². The molecule has 0 saturated carbocycles. The number of H-pyrrole nitrogens is 1. The highest BCUT2D eigenvalue weighted by Gasteiger charge is 2.20. The Hall–Kier alpha value is -3.78. The van der Waals surface area contributed by atoms with E-state index in [-0.39, 0.29) is 12.5 Å². The first-order chi connectivity index (χ1) is 17.9. The molecule has 8 nitrogen and oxygen atoms in total. The fraction of sp³-hybridized carbons (Fsp3) is 0.321. The minimum atomic E-state index is -1.01. The molecular weight excluding hydrogens is 490 g/mol. The zero-order valence-electron chi connectivity index (χ0n) is 20.7. The number of halogens is 1. The predicted molar refractivity (Wildman–Crippen MR) is 148 cm³/mol. The monoisotopic (exact) mass is 519 g/mol. The van der Waals surface area contributed by atoms with Gasteiger partial charge in [-0.15, -0.1) is 0 Å². The number of aryl methyl sites for hydroxylation is 1. The molecule has 2 amide bonds. The largest absolute Gasteiger partial charge is 0.465 e. The second-order valence-electron chi connectivity index (χ2n) is 9.42. The Morgan fingerprint density at radius 2 is 1.95 bits per heavy atom. The van der Waals surface area contributed by atoms with Crippen molar-refractivity contribution < 1.29 is 14.7 Å². The van der Waals surface area contributed by atoms with Crippen LogP contribution in [-0.4, -0.2) is 46.7 Å². The summed E-state index contributed by atoms with van der Waals surface area (Å²) in [5.41, 5.74) is 6.78. The highest BCUT2D eigenvalue weighted by atomic mass is 35.5. The lowest BCUT2D eigenvalue weighted by atomic mass is 9.92. The second-order valence-corrected chi connectivity index (χ2v) is 9.85. The quantitative estimate of drug-likeness (QED) is 0.245. The van der Waals surface area contributed by atoms with Gasteiger partial charge in [-0.3, -0.25) is 14.7 Å². The van der Waals surface area contributed by atoms with Crippen molar-refractivity contribution in [3.8, 4) is 0 Å². The number of carbonyl (C=O) groups is 2. The van der Waals surface area contributed by atoms with Gasteiger partial charge in [0.1, 0.15) is 0 Å². The first-order valence-electron chi connectivity index (χ1n) is 12.6. The van der Waals surface area contributed by atoms with Gasteiger partial charge >= 0.3 is 6.09 Å². The number of aromatic amines is 1. The number of nitrogens with zero attached hydrogens (tertiary/aromatic N) is 2. The number of pyridine rings is 1. The van der Waals surface area contributed by atoms with Gasteiger partial charge in [0.2, 0.25) is 5.91 Å². The molecule has 192 valence electrons. The van der Waals surface area contributed by atoms with Crippen LogP contribution in [0.3, 0.4) is 0 Å². The van der Waals surface area contributed by atoms with Crippen LogP contribution in [0.4, 0.5) is 16.2 Å². The summed E-state index contributed by atoms with van der Waals surface area (Å²) in [5.74, 6) is -0.0728. The number of carbonyl (C=O) groups excluding carboxylic acids is 1. The Morgan fingerprint density at radius 3 is 2.76 bits per heavy atom. The third kappa shape index (κ3) is 5.34. The normalized spacial score (nSPS) is 12.9. The first kappa shape index (κ1) is 24.9. The summed E-state index contributed by atoms with van der Waals surface area (Å²) in [6, 6.07) is 11.3. The van der Waals surface area contributed by atoms with Gasteiger partial charge in [-0.1, -0.05) is 11.6 Å². The molecule has 37 heavy (non-hydrogen) atoms. The highest BCUT2D eigenvalue weighted by molar-refractivity contribution is 6.31. The van der Waals surface area contributed by atoms with Crippen molar-refractivity contribution >= 4 is 56.8 Å². The van der Waals surface area contributed by atoms with Crippen LogP contribution < -0.4 is 15.5 Å². The summed E-state index contributed by atoms with van der Waals surface area (Å²) >= 11 is 6.24. The van der Waals surface area contributed by atoms with Gasteiger partial charge in [-0.2, -0.15) is 0 Å². The van der Waals surface area contributed by atoms with Crippen LogP contribution in [0.1, 0.15) is 36.6 Å². The predicted octanol–water partition coefficient (Wildman–Crippen LogP) is 5.52. The Kier molecular flexibility index (Phi) is 7.19. The van der Waals surface area contributed by atoms with E-state index in [1.54, 1.807) is 0 Å². The number of rotatable bonds is 8. The summed E-state index contributed by atoms with van der Waals surface area (Å²) in [6.45, 7) is 2.74. The van der Waals surface area contributed by atoms with Gasteiger partial charge in [-0.25, -0.2) is 4.79 Å². The van der Waals surface area contributed by atoms with Crippen LogP contribution in [0, 0.1) is 0 Å². The molecule has 0 radical (unpaired) electrons. The van der Waals surface area contributed by atoms with Crippen molar-refractivity contribution in [2.75, 3.05) is 29.9 Å². The summed E-state index contributed by atoms with van der Waals surface area (Å²) in [4.78, 5) is 32.9. The molecule has 5 rings (SSSR count). The van der Waals surface area contributed by atoms with Gasteiger partial charge in [0, 0.05) is 71.1 Å². The lowest BCUT2D eigenvalue weighted by molar-refractivity contribution is -0.118. The second kappa shape index (κ2) is 10.7. The molecule has 0 atom stereocenters. The minimum Gasteiger partial charge on any atom is -0.465 e. The van der Waals surface area contributed by atoms with Gasteiger partial charge < -0.3 is 20.7 Å². The number of fused-ring (bicyclic) bond motifs is 3. The zero-order valence-corrected chi connectivity index (χ0v) is 21.5. The summed E-state index contributed by atoms with van der Waals surface area (Å²) in [7, 11) is 0. The van der Waals surface area contributed by atoms with Crippen LogP contribution >= 0.6 is 11.6 Å². The minimum absolute atomic E-state index is 0.0728. The molecule has 1 aliphatic carbocycles. The smallest absolute Gasteiger partial charge is 0.411 e. The number of hydrogen-bond acceptors (Lipinski definition) is 4. The van der Waals surface area contributed by atoms with Crippen molar-refractivity contribution in [2.24, 2.45) is 0 Å². The van der Waals surface area contributed by atoms with E-state index >= 15 is 0 Å². The number of nitrogens with one attached hydrogen (secondary N) is 3. The summed E-state index contributed by atoms with van der Waals surface area (Å²) in [6.07, 6.45) is 5.68. The van der Waals surface area contributed by atoms with E-state index in [2.05, 4.69) is 15.6 Å². The van der Waals surface area contributed by atoms with Crippen molar-refractivity contribution in [1.29, 1.82) is 0 Å². The van der Waals surface area contributed by atoms with E-state index in [1.165, 1.54) is 17.4 Å². The zero-order chi connectivity index (χ0) is 25.9. The molecule has 0 spiro atoms. The maximum absolute atomic E-state index is 12.2. The van der Waals surface area contributed by atoms with Crippen LogP contribution in [0.5, 0.6) is 0 Å². The Morgan fingerprint density at radius 1 is 1.11 bits per heavy atom. The maximum Gasteiger partial charge on any atom is 0.411 e. The van der Waals surface area contributed by atoms with E-state index in [0.717, 1.165) is 64.4 Å². The molecular formula is C28H30ClN5O3. The molecule has 4 N–H and O–H groups in total. The van der Waals surface area contributed by atoms with E-state index in [1.807, 2.05) is 42.6 Å². The number of aromatic nitrogens is 2. The standard InChI is InChI=1S/C28H30ClN5O3/c1-17(35)30-11-10-18-16-32-24-9-7-20(15-23(18)24)34(28(36)37)13-12-31-27-21-4-2-3-5-25(21)33-26-14-19(29)6-8-22(26)27/h6-9,14-16,32H,2-5,10-13H2,1H3,(H,30,35)(H,31,33)(H,36,37). The van der Waals surface area contributed by atoms with Crippen molar-refractivity contribution in [3.63, 3.8) is 0 Å². The maximum atomic E-state index is 12.2. The van der Waals surface area contributed by atoms with Gasteiger partial charge in [-0.05, 0) is 79.6 Å². The molecule has 9 heteroatoms. The number of amides is 2. The lowest BCUT2D eigenvalue weighted by Crippen LogP contribution is -2.34. The Bertz CT molecular complexity index is 1480. The highest BCUT2D eigenvalue weighted by Crippen LogP contribution is 2.34. The third-order valence-electron chi connectivity index (χ3n) is 6.92. The van der Waals surface area contributed by atoms with E-state index < -0.39 is 6.09 Å². The van der Waals surface area contributed by atoms with Gasteiger partial charge in [0.05, 0.1) is 5.52 Å². The van der Waals surface area contributed by atoms with Crippen molar-refractivity contribution in [2.45, 2.75) is 39.0 Å². The van der Waals surface area contributed by atoms with Crippen LogP contribution in [0.15, 0.2) is 42.6 Å². The fourth-order valence-electron chi connectivity index (χ4n) is 5.14. The topological polar surface area (TPSA) is 110 Å². The average molecular weight is 520 g/mol. The fourth-order valence-corrected chi connectivity index (χ4v) is 5.31. The van der Waals surface area contributed by atoms with E-state index in [9.17, 15) is 14.7 Å². The third-order valence-corrected chi connectivity index (χ3v) is 7.16.